The average molecular weight is 455 g/mol. The first kappa shape index (κ1) is 23.3. The third-order valence-corrected chi connectivity index (χ3v) is 5.51. The van der Waals surface area contributed by atoms with Crippen LogP contribution in [0.1, 0.15) is 28.5 Å². The summed E-state index contributed by atoms with van der Waals surface area (Å²) in [6, 6.07) is 14.7. The Morgan fingerprint density at radius 2 is 1.88 bits per heavy atom. The van der Waals surface area contributed by atoms with Crippen molar-refractivity contribution in [1.29, 1.82) is 0 Å². The van der Waals surface area contributed by atoms with Crippen LogP contribution in [-0.4, -0.2) is 42.5 Å². The summed E-state index contributed by atoms with van der Waals surface area (Å²) < 4.78 is 16.1. The summed E-state index contributed by atoms with van der Waals surface area (Å²) in [5, 5.41) is 1.91. The number of benzene rings is 2. The van der Waals surface area contributed by atoms with Crippen molar-refractivity contribution >= 4 is 23.2 Å². The molecule has 0 saturated heterocycles. The van der Waals surface area contributed by atoms with Crippen molar-refractivity contribution < 1.29 is 23.8 Å². The minimum Gasteiger partial charge on any atom is -0.493 e. The molecule has 0 radical (unpaired) electrons. The van der Waals surface area contributed by atoms with E-state index in [0.29, 0.717) is 30.2 Å². The number of hydrogen-bond donors (Lipinski definition) is 0. The summed E-state index contributed by atoms with van der Waals surface area (Å²) in [5.74, 6) is -0.0650. The minimum absolute atomic E-state index is 0.214. The topological polar surface area (TPSA) is 78.0 Å². The Hall–Kier alpha value is -3.39. The summed E-state index contributed by atoms with van der Waals surface area (Å²) in [5.41, 5.74) is 3.97. The van der Waals surface area contributed by atoms with E-state index in [1.165, 1.54) is 25.6 Å². The van der Waals surface area contributed by atoms with Crippen molar-refractivity contribution in [2.24, 2.45) is 5.92 Å². The largest absolute Gasteiger partial charge is 0.493 e. The van der Waals surface area contributed by atoms with Gasteiger partial charge in [0.2, 0.25) is 0 Å². The second-order valence-electron chi connectivity index (χ2n) is 7.23. The molecule has 2 aromatic carbocycles. The lowest BCUT2D eigenvalue weighted by molar-refractivity contribution is -0.145. The number of thiazole rings is 1. The highest BCUT2D eigenvalue weighted by atomic mass is 32.1. The fourth-order valence-corrected chi connectivity index (χ4v) is 3.74. The van der Waals surface area contributed by atoms with Gasteiger partial charge in [0.1, 0.15) is 6.61 Å². The standard InChI is InChI=1S/C24H26N2O5S/c1-17(24(28)30-3)12-26(13-18-7-5-4-6-8-18)23(27)19-9-10-21(22(11-19)29-2)31-14-20-15-32-16-25-20/h4-11,15-17H,12-14H2,1-3H3. The number of carbonyl (C=O) groups is 2. The van der Waals surface area contributed by atoms with Crippen LogP contribution in [0.5, 0.6) is 11.5 Å². The molecule has 0 aliphatic rings. The van der Waals surface area contributed by atoms with Gasteiger partial charge in [-0.2, -0.15) is 0 Å². The predicted molar refractivity (Wildman–Crippen MR) is 122 cm³/mol. The van der Waals surface area contributed by atoms with Crippen LogP contribution in [-0.2, 0) is 22.7 Å². The molecule has 0 bridgehead atoms. The molecule has 8 heteroatoms. The number of ether oxygens (including phenoxy) is 3. The highest BCUT2D eigenvalue weighted by Gasteiger charge is 2.24. The first-order valence-electron chi connectivity index (χ1n) is 10.1. The van der Waals surface area contributed by atoms with E-state index in [9.17, 15) is 9.59 Å². The van der Waals surface area contributed by atoms with Crippen molar-refractivity contribution in [3.63, 3.8) is 0 Å². The van der Waals surface area contributed by atoms with Crippen LogP contribution in [0.2, 0.25) is 0 Å². The van der Waals surface area contributed by atoms with Crippen LogP contribution in [0.3, 0.4) is 0 Å². The number of aromatic nitrogens is 1. The van der Waals surface area contributed by atoms with Gasteiger partial charge in [0.15, 0.2) is 11.5 Å². The SMILES string of the molecule is COC(=O)C(C)CN(Cc1ccccc1)C(=O)c1ccc(OCc2cscn2)c(OC)c1. The molecular weight excluding hydrogens is 428 g/mol. The zero-order valence-electron chi connectivity index (χ0n) is 18.3. The Bertz CT molecular complexity index is 1020. The lowest BCUT2D eigenvalue weighted by Crippen LogP contribution is -2.36. The molecule has 32 heavy (non-hydrogen) atoms. The molecule has 7 nitrogen and oxygen atoms in total. The normalized spacial score (nSPS) is 11.5. The smallest absolute Gasteiger partial charge is 0.310 e. The molecule has 0 aliphatic carbocycles. The zero-order chi connectivity index (χ0) is 22.9. The number of esters is 1. The minimum atomic E-state index is -0.463. The molecule has 0 aliphatic heterocycles. The van der Waals surface area contributed by atoms with E-state index >= 15 is 0 Å². The Balaban J connectivity index is 1.81. The molecule has 1 atom stereocenters. The van der Waals surface area contributed by atoms with Crippen molar-refractivity contribution in [3.8, 4) is 11.5 Å². The molecule has 0 saturated carbocycles. The van der Waals surface area contributed by atoms with E-state index in [1.807, 2.05) is 35.7 Å². The maximum atomic E-state index is 13.4. The molecule has 0 N–H and O–H groups in total. The van der Waals surface area contributed by atoms with Crippen molar-refractivity contribution in [2.45, 2.75) is 20.1 Å². The van der Waals surface area contributed by atoms with Crippen LogP contribution in [0.25, 0.3) is 0 Å². The fourth-order valence-electron chi connectivity index (χ4n) is 3.19. The van der Waals surface area contributed by atoms with Gasteiger partial charge in [0.05, 0.1) is 31.3 Å². The molecule has 0 fully saturated rings. The Morgan fingerprint density at radius 1 is 1.09 bits per heavy atom. The lowest BCUT2D eigenvalue weighted by Gasteiger charge is -2.25. The second-order valence-corrected chi connectivity index (χ2v) is 7.95. The van der Waals surface area contributed by atoms with Gasteiger partial charge in [-0.05, 0) is 23.8 Å². The number of nitrogens with zero attached hydrogens (tertiary/aromatic N) is 2. The van der Waals surface area contributed by atoms with Crippen LogP contribution in [0.15, 0.2) is 59.4 Å². The Labute approximate surface area is 191 Å². The highest BCUT2D eigenvalue weighted by molar-refractivity contribution is 7.07. The third kappa shape index (κ3) is 6.07. The quantitative estimate of drug-likeness (QED) is 0.428. The van der Waals surface area contributed by atoms with Crippen molar-refractivity contribution in [1.82, 2.24) is 9.88 Å². The first-order valence-corrected chi connectivity index (χ1v) is 11.0. The van der Waals surface area contributed by atoms with E-state index < -0.39 is 5.92 Å². The van der Waals surface area contributed by atoms with Crippen LogP contribution in [0.4, 0.5) is 0 Å². The average Bonchev–Trinajstić information content (AvgIpc) is 3.35. The monoisotopic (exact) mass is 454 g/mol. The molecule has 3 rings (SSSR count). The van der Waals surface area contributed by atoms with Crippen LogP contribution < -0.4 is 9.47 Å². The number of carbonyl (C=O) groups excluding carboxylic acids is 2. The van der Waals surface area contributed by atoms with Gasteiger partial charge in [0, 0.05) is 24.0 Å². The van der Waals surface area contributed by atoms with Gasteiger partial charge in [-0.1, -0.05) is 37.3 Å². The van der Waals surface area contributed by atoms with E-state index in [0.717, 1.165) is 11.3 Å². The molecule has 168 valence electrons. The van der Waals surface area contributed by atoms with Crippen LogP contribution in [0, 0.1) is 5.92 Å². The Morgan fingerprint density at radius 3 is 2.53 bits per heavy atom. The summed E-state index contributed by atoms with van der Waals surface area (Å²) in [6.45, 7) is 2.65. The zero-order valence-corrected chi connectivity index (χ0v) is 19.1. The van der Waals surface area contributed by atoms with Crippen molar-refractivity contribution in [3.05, 3.63) is 76.2 Å². The van der Waals surface area contributed by atoms with Gasteiger partial charge in [-0.15, -0.1) is 11.3 Å². The number of methoxy groups -OCH3 is 2. The summed E-state index contributed by atoms with van der Waals surface area (Å²) >= 11 is 1.50. The van der Waals surface area contributed by atoms with Gasteiger partial charge < -0.3 is 19.1 Å². The third-order valence-electron chi connectivity index (χ3n) is 4.87. The molecule has 1 heterocycles. The van der Waals surface area contributed by atoms with Gasteiger partial charge in [-0.25, -0.2) is 4.98 Å². The summed E-state index contributed by atoms with van der Waals surface area (Å²) in [6.07, 6.45) is 0. The van der Waals surface area contributed by atoms with E-state index in [2.05, 4.69) is 4.98 Å². The van der Waals surface area contributed by atoms with E-state index in [1.54, 1.807) is 35.5 Å². The summed E-state index contributed by atoms with van der Waals surface area (Å²) in [7, 11) is 2.87. The molecule has 3 aromatic rings. The molecule has 1 amide bonds. The maximum Gasteiger partial charge on any atom is 0.310 e. The lowest BCUT2D eigenvalue weighted by atomic mass is 10.1. The fraction of sp³-hybridized carbons (Fsp3) is 0.292. The second kappa shape index (κ2) is 11.3. The molecule has 1 unspecified atom stereocenters. The maximum absolute atomic E-state index is 13.4. The Kier molecular flexibility index (Phi) is 8.21. The molecular formula is C24H26N2O5S. The first-order chi connectivity index (χ1) is 15.5. The molecule has 1 aromatic heterocycles. The van der Waals surface area contributed by atoms with Gasteiger partial charge in [0.25, 0.3) is 5.91 Å². The van der Waals surface area contributed by atoms with E-state index in [4.69, 9.17) is 14.2 Å². The number of rotatable bonds is 10. The predicted octanol–water partition coefficient (Wildman–Crippen LogP) is 4.18. The van der Waals surface area contributed by atoms with Crippen molar-refractivity contribution in [2.75, 3.05) is 20.8 Å². The molecule has 0 spiro atoms. The van der Waals surface area contributed by atoms with Crippen LogP contribution >= 0.6 is 11.3 Å². The summed E-state index contributed by atoms with van der Waals surface area (Å²) in [4.78, 5) is 31.2. The van der Waals surface area contributed by atoms with Gasteiger partial charge >= 0.3 is 5.97 Å². The highest BCUT2D eigenvalue weighted by Crippen LogP contribution is 2.29. The number of amides is 1. The number of hydrogen-bond acceptors (Lipinski definition) is 7. The van der Waals surface area contributed by atoms with E-state index in [-0.39, 0.29) is 18.4 Å². The van der Waals surface area contributed by atoms with Gasteiger partial charge in [-0.3, -0.25) is 9.59 Å².